The molecule has 1 N–H and O–H groups in total. The predicted molar refractivity (Wildman–Crippen MR) is 79.3 cm³/mol. The van der Waals surface area contributed by atoms with E-state index in [0.717, 1.165) is 18.2 Å². The van der Waals surface area contributed by atoms with E-state index in [9.17, 15) is 4.21 Å². The molecule has 0 aromatic rings. The largest absolute Gasteiger partial charge is 0.313 e. The highest BCUT2D eigenvalue weighted by Gasteiger charge is 2.28. The first-order chi connectivity index (χ1) is 8.81. The molecule has 18 heavy (non-hydrogen) atoms. The van der Waals surface area contributed by atoms with Crippen LogP contribution in [0.1, 0.15) is 64.7 Å². The zero-order valence-corrected chi connectivity index (χ0v) is 12.6. The molecular formula is C15H29NOS. The monoisotopic (exact) mass is 271 g/mol. The maximum absolute atomic E-state index is 12.5. The summed E-state index contributed by atoms with van der Waals surface area (Å²) in [6.45, 7) is 3.19. The maximum Gasteiger partial charge on any atom is 0.0394 e. The Labute approximate surface area is 115 Å². The third-order valence-corrected chi connectivity index (χ3v) is 6.61. The minimum Gasteiger partial charge on any atom is -0.313 e. The van der Waals surface area contributed by atoms with Crippen molar-refractivity contribution in [1.29, 1.82) is 0 Å². The van der Waals surface area contributed by atoms with Crippen LogP contribution in [-0.2, 0) is 10.8 Å². The van der Waals surface area contributed by atoms with Crippen molar-refractivity contribution < 1.29 is 4.21 Å². The van der Waals surface area contributed by atoms with Gasteiger partial charge in [0.1, 0.15) is 0 Å². The van der Waals surface area contributed by atoms with Gasteiger partial charge in [-0.15, -0.1) is 0 Å². The Morgan fingerprint density at radius 2 is 1.67 bits per heavy atom. The van der Waals surface area contributed by atoms with Crippen LogP contribution in [0.2, 0.25) is 0 Å². The first-order valence-electron chi connectivity index (χ1n) is 7.91. The van der Waals surface area contributed by atoms with Crippen LogP contribution in [-0.4, -0.2) is 27.8 Å². The molecular weight excluding hydrogens is 242 g/mol. The fourth-order valence-corrected chi connectivity index (χ4v) is 5.50. The lowest BCUT2D eigenvalue weighted by atomic mass is 9.99. The Hall–Kier alpha value is 0.110. The second kappa shape index (κ2) is 7.64. The molecule has 0 saturated heterocycles. The van der Waals surface area contributed by atoms with E-state index in [4.69, 9.17) is 0 Å². The summed E-state index contributed by atoms with van der Waals surface area (Å²) < 4.78 is 12.5. The SMILES string of the molecule is CCNC(CS(=O)C1CCCCC1)C1CCCC1. The lowest BCUT2D eigenvalue weighted by molar-refractivity contribution is 0.390. The maximum atomic E-state index is 12.5. The molecule has 2 atom stereocenters. The van der Waals surface area contributed by atoms with Gasteiger partial charge in [0.2, 0.25) is 0 Å². The zero-order valence-electron chi connectivity index (χ0n) is 11.8. The topological polar surface area (TPSA) is 29.1 Å². The van der Waals surface area contributed by atoms with Crippen LogP contribution < -0.4 is 5.32 Å². The van der Waals surface area contributed by atoms with Gasteiger partial charge in [-0.05, 0) is 38.1 Å². The van der Waals surface area contributed by atoms with Crippen molar-refractivity contribution in [3.05, 3.63) is 0 Å². The summed E-state index contributed by atoms with van der Waals surface area (Å²) >= 11 is 0. The molecule has 3 heteroatoms. The molecule has 0 spiro atoms. The molecule has 2 saturated carbocycles. The van der Waals surface area contributed by atoms with Crippen molar-refractivity contribution >= 4 is 10.8 Å². The average molecular weight is 271 g/mol. The molecule has 2 nitrogen and oxygen atoms in total. The van der Waals surface area contributed by atoms with Crippen molar-refractivity contribution in [2.24, 2.45) is 5.92 Å². The van der Waals surface area contributed by atoms with Gasteiger partial charge in [-0.3, -0.25) is 4.21 Å². The molecule has 106 valence electrons. The summed E-state index contributed by atoms with van der Waals surface area (Å²) in [5, 5.41) is 4.10. The van der Waals surface area contributed by atoms with E-state index in [1.165, 1.54) is 57.8 Å². The fraction of sp³-hybridized carbons (Fsp3) is 1.00. The van der Waals surface area contributed by atoms with Crippen molar-refractivity contribution in [3.8, 4) is 0 Å². The van der Waals surface area contributed by atoms with Crippen molar-refractivity contribution in [2.75, 3.05) is 12.3 Å². The minimum absolute atomic E-state index is 0.501. The lowest BCUT2D eigenvalue weighted by Gasteiger charge is -2.27. The number of rotatable bonds is 6. The Morgan fingerprint density at radius 1 is 1.06 bits per heavy atom. The average Bonchev–Trinajstić information content (AvgIpc) is 2.93. The van der Waals surface area contributed by atoms with Crippen LogP contribution in [0.4, 0.5) is 0 Å². The second-order valence-corrected chi connectivity index (χ2v) is 7.78. The highest BCUT2D eigenvalue weighted by Crippen LogP contribution is 2.29. The standard InChI is InChI=1S/C15H29NOS/c1-2-16-15(13-8-6-7-9-13)12-18(17)14-10-4-3-5-11-14/h13-16H,2-12H2,1H3. The second-order valence-electron chi connectivity index (χ2n) is 6.02. The third kappa shape index (κ3) is 4.06. The van der Waals surface area contributed by atoms with Gasteiger partial charge in [0.25, 0.3) is 0 Å². The summed E-state index contributed by atoms with van der Waals surface area (Å²) in [7, 11) is -0.597. The Balaban J connectivity index is 1.84. The predicted octanol–water partition coefficient (Wildman–Crippen LogP) is 3.24. The van der Waals surface area contributed by atoms with Gasteiger partial charge in [-0.2, -0.15) is 0 Å². The van der Waals surface area contributed by atoms with Gasteiger partial charge in [-0.25, -0.2) is 0 Å². The summed E-state index contributed by atoms with van der Waals surface area (Å²) in [6, 6.07) is 0.514. The Kier molecular flexibility index (Phi) is 6.16. The van der Waals surface area contributed by atoms with Crippen LogP contribution in [0.5, 0.6) is 0 Å². The molecule has 2 rings (SSSR count). The molecule has 0 aromatic heterocycles. The van der Waals surface area contributed by atoms with Gasteiger partial charge < -0.3 is 5.32 Å². The number of hydrogen-bond donors (Lipinski definition) is 1. The van der Waals surface area contributed by atoms with Crippen molar-refractivity contribution in [1.82, 2.24) is 5.32 Å². The molecule has 0 aromatic carbocycles. The van der Waals surface area contributed by atoms with E-state index in [2.05, 4.69) is 12.2 Å². The molecule has 2 unspecified atom stereocenters. The van der Waals surface area contributed by atoms with Crippen LogP contribution in [0.15, 0.2) is 0 Å². The molecule has 2 aliphatic carbocycles. The molecule has 2 aliphatic rings. The summed E-state index contributed by atoms with van der Waals surface area (Å²) in [5.41, 5.74) is 0. The molecule has 0 amide bonds. The lowest BCUT2D eigenvalue weighted by Crippen LogP contribution is -2.41. The summed E-state index contributed by atoms with van der Waals surface area (Å²) in [6.07, 6.45) is 11.8. The highest BCUT2D eigenvalue weighted by molar-refractivity contribution is 7.85. The van der Waals surface area contributed by atoms with E-state index in [1.807, 2.05) is 0 Å². The summed E-state index contributed by atoms with van der Waals surface area (Å²) in [4.78, 5) is 0. The van der Waals surface area contributed by atoms with Crippen molar-refractivity contribution in [2.45, 2.75) is 76.0 Å². The van der Waals surface area contributed by atoms with E-state index in [1.54, 1.807) is 0 Å². The quantitative estimate of drug-likeness (QED) is 0.803. The van der Waals surface area contributed by atoms with Crippen molar-refractivity contribution in [3.63, 3.8) is 0 Å². The minimum atomic E-state index is -0.597. The van der Waals surface area contributed by atoms with Crippen LogP contribution in [0.3, 0.4) is 0 Å². The van der Waals surface area contributed by atoms with E-state index >= 15 is 0 Å². The van der Waals surface area contributed by atoms with Crippen LogP contribution >= 0.6 is 0 Å². The van der Waals surface area contributed by atoms with E-state index < -0.39 is 10.8 Å². The zero-order chi connectivity index (χ0) is 12.8. The first kappa shape index (κ1) is 14.5. The van der Waals surface area contributed by atoms with Gasteiger partial charge >= 0.3 is 0 Å². The van der Waals surface area contributed by atoms with Gasteiger partial charge in [-0.1, -0.05) is 39.0 Å². The van der Waals surface area contributed by atoms with Gasteiger partial charge in [0, 0.05) is 27.8 Å². The third-order valence-electron chi connectivity index (χ3n) is 4.70. The molecule has 0 aliphatic heterocycles. The molecule has 2 fully saturated rings. The Bertz CT molecular complexity index is 257. The van der Waals surface area contributed by atoms with E-state index in [-0.39, 0.29) is 0 Å². The Morgan fingerprint density at radius 3 is 2.28 bits per heavy atom. The smallest absolute Gasteiger partial charge is 0.0394 e. The fourth-order valence-electron chi connectivity index (χ4n) is 3.62. The first-order valence-corrected chi connectivity index (χ1v) is 9.30. The van der Waals surface area contributed by atoms with Crippen LogP contribution in [0, 0.1) is 5.92 Å². The molecule has 0 heterocycles. The van der Waals surface area contributed by atoms with Crippen LogP contribution in [0.25, 0.3) is 0 Å². The van der Waals surface area contributed by atoms with Gasteiger partial charge in [0.15, 0.2) is 0 Å². The van der Waals surface area contributed by atoms with Gasteiger partial charge in [0.05, 0.1) is 0 Å². The normalized spacial score (nSPS) is 26.3. The summed E-state index contributed by atoms with van der Waals surface area (Å²) in [5.74, 6) is 1.70. The highest BCUT2D eigenvalue weighted by atomic mass is 32.2. The molecule has 0 bridgehead atoms. The molecule has 0 radical (unpaired) electrons. The van der Waals surface area contributed by atoms with E-state index in [0.29, 0.717) is 11.3 Å². The number of nitrogens with one attached hydrogen (secondary N) is 1. The number of hydrogen-bond acceptors (Lipinski definition) is 2.